The van der Waals surface area contributed by atoms with E-state index in [1.54, 1.807) is 5.51 Å². The fourth-order valence-electron chi connectivity index (χ4n) is 1.87. The highest BCUT2D eigenvalue weighted by molar-refractivity contribution is 7.16. The Bertz CT molecular complexity index is 699. The van der Waals surface area contributed by atoms with Gasteiger partial charge in [-0.15, -0.1) is 11.3 Å². The number of nitrogens with zero attached hydrogens (tertiary/aromatic N) is 2. The van der Waals surface area contributed by atoms with Crippen molar-refractivity contribution < 1.29 is 4.79 Å². The van der Waals surface area contributed by atoms with Gasteiger partial charge in [0.15, 0.2) is 5.65 Å². The Kier molecular flexibility index (Phi) is 2.60. The van der Waals surface area contributed by atoms with Crippen LogP contribution in [0.15, 0.2) is 41.9 Å². The second-order valence-corrected chi connectivity index (χ2v) is 4.84. The molecule has 1 amide bonds. The maximum atomic E-state index is 12.1. The number of amides is 1. The highest BCUT2D eigenvalue weighted by Crippen LogP contribution is 2.22. The summed E-state index contributed by atoms with van der Waals surface area (Å²) in [4.78, 5) is 16.4. The van der Waals surface area contributed by atoms with Crippen LogP contribution in [0.4, 0.5) is 5.69 Å². The smallest absolute Gasteiger partial charge is 0.272 e. The van der Waals surface area contributed by atoms with Crippen LogP contribution in [0.25, 0.3) is 10.3 Å². The van der Waals surface area contributed by atoms with Crippen LogP contribution in [0.1, 0.15) is 10.5 Å². The molecular formula is C13H11N3OS. The van der Waals surface area contributed by atoms with Crippen LogP contribution in [0.5, 0.6) is 0 Å². The maximum absolute atomic E-state index is 12.1. The van der Waals surface area contributed by atoms with Gasteiger partial charge in [0.2, 0.25) is 0 Å². The zero-order valence-corrected chi connectivity index (χ0v) is 10.6. The third kappa shape index (κ3) is 1.78. The summed E-state index contributed by atoms with van der Waals surface area (Å²) in [6, 6.07) is 11.3. The lowest BCUT2D eigenvalue weighted by atomic mass is 10.3. The summed E-state index contributed by atoms with van der Waals surface area (Å²) in [6.07, 6.45) is 0. The Morgan fingerprint density at radius 2 is 2.11 bits per heavy atom. The van der Waals surface area contributed by atoms with E-state index in [1.165, 1.54) is 11.3 Å². The van der Waals surface area contributed by atoms with Gasteiger partial charge in [0, 0.05) is 12.7 Å². The van der Waals surface area contributed by atoms with E-state index in [0.29, 0.717) is 5.69 Å². The van der Waals surface area contributed by atoms with E-state index in [-0.39, 0.29) is 5.91 Å². The molecule has 0 aliphatic carbocycles. The number of para-hydroxylation sites is 1. The zero-order valence-electron chi connectivity index (χ0n) is 9.75. The molecule has 90 valence electrons. The number of rotatable bonds is 2. The van der Waals surface area contributed by atoms with E-state index in [0.717, 1.165) is 16.0 Å². The molecule has 0 atom stereocenters. The monoisotopic (exact) mass is 257 g/mol. The van der Waals surface area contributed by atoms with Gasteiger partial charge in [-0.2, -0.15) is 0 Å². The van der Waals surface area contributed by atoms with Crippen LogP contribution < -0.4 is 5.32 Å². The molecule has 0 radical (unpaired) electrons. The molecule has 0 saturated carbocycles. The molecule has 2 heterocycles. The molecule has 0 fully saturated rings. The number of carbonyl (C=O) groups is 1. The molecule has 2 aromatic heterocycles. The lowest BCUT2D eigenvalue weighted by molar-refractivity contribution is 0.101. The first kappa shape index (κ1) is 11.0. The van der Waals surface area contributed by atoms with E-state index in [4.69, 9.17) is 0 Å². The van der Waals surface area contributed by atoms with Crippen molar-refractivity contribution in [2.24, 2.45) is 7.05 Å². The van der Waals surface area contributed by atoms with Crippen molar-refractivity contribution in [1.82, 2.24) is 9.55 Å². The minimum Gasteiger partial charge on any atom is -0.324 e. The predicted molar refractivity (Wildman–Crippen MR) is 73.0 cm³/mol. The van der Waals surface area contributed by atoms with E-state index < -0.39 is 0 Å². The lowest BCUT2D eigenvalue weighted by Gasteiger charge is -2.05. The maximum Gasteiger partial charge on any atom is 0.272 e. The third-order valence-electron chi connectivity index (χ3n) is 2.79. The molecular weight excluding hydrogens is 246 g/mol. The topological polar surface area (TPSA) is 46.9 Å². The van der Waals surface area contributed by atoms with Crippen LogP contribution in [-0.4, -0.2) is 15.5 Å². The number of thiazole rings is 1. The first-order valence-corrected chi connectivity index (χ1v) is 6.39. The van der Waals surface area contributed by atoms with Gasteiger partial charge in [-0.05, 0) is 18.2 Å². The molecule has 0 saturated heterocycles. The van der Waals surface area contributed by atoms with Crippen molar-refractivity contribution in [2.75, 3.05) is 5.32 Å². The third-order valence-corrected chi connectivity index (χ3v) is 3.55. The van der Waals surface area contributed by atoms with Gasteiger partial charge in [0.05, 0.1) is 10.2 Å². The molecule has 0 spiro atoms. The van der Waals surface area contributed by atoms with Gasteiger partial charge in [0.1, 0.15) is 5.69 Å². The second kappa shape index (κ2) is 4.27. The molecule has 0 bridgehead atoms. The molecule has 4 nitrogen and oxygen atoms in total. The normalized spacial score (nSPS) is 10.7. The molecule has 0 aliphatic heterocycles. The number of benzene rings is 1. The first-order chi connectivity index (χ1) is 8.75. The Labute approximate surface area is 108 Å². The Balaban J connectivity index is 1.92. The lowest BCUT2D eigenvalue weighted by Crippen LogP contribution is -2.15. The molecule has 1 aromatic carbocycles. The van der Waals surface area contributed by atoms with Crippen molar-refractivity contribution >= 4 is 33.3 Å². The number of fused-ring (bicyclic) bond motifs is 1. The van der Waals surface area contributed by atoms with Gasteiger partial charge in [-0.1, -0.05) is 18.2 Å². The first-order valence-electron chi connectivity index (χ1n) is 5.51. The number of aryl methyl sites for hydroxylation is 1. The Morgan fingerprint density at radius 1 is 1.33 bits per heavy atom. The fourth-order valence-corrected chi connectivity index (χ4v) is 2.61. The van der Waals surface area contributed by atoms with Crippen molar-refractivity contribution in [3.05, 3.63) is 47.6 Å². The molecule has 1 N–H and O–H groups in total. The van der Waals surface area contributed by atoms with Crippen LogP contribution in [0.2, 0.25) is 0 Å². The number of hydrogen-bond acceptors (Lipinski definition) is 3. The highest BCUT2D eigenvalue weighted by atomic mass is 32.1. The minimum atomic E-state index is -0.117. The quantitative estimate of drug-likeness (QED) is 0.767. The minimum absolute atomic E-state index is 0.117. The standard InChI is InChI=1S/C13H11N3OS/c1-16-10(7-11-12(16)14-8-18-11)13(17)15-9-5-3-2-4-6-9/h2-8H,1H3,(H,15,17). The molecule has 0 unspecified atom stereocenters. The van der Waals surface area contributed by atoms with Crippen molar-refractivity contribution in [2.45, 2.75) is 0 Å². The van der Waals surface area contributed by atoms with Crippen molar-refractivity contribution in [1.29, 1.82) is 0 Å². The summed E-state index contributed by atoms with van der Waals surface area (Å²) in [6.45, 7) is 0. The van der Waals surface area contributed by atoms with Gasteiger partial charge in [0.25, 0.3) is 5.91 Å². The Hall–Kier alpha value is -2.14. The summed E-state index contributed by atoms with van der Waals surface area (Å²) in [5, 5.41) is 2.87. The van der Waals surface area contributed by atoms with Gasteiger partial charge < -0.3 is 9.88 Å². The van der Waals surface area contributed by atoms with Gasteiger partial charge in [-0.3, -0.25) is 4.79 Å². The van der Waals surface area contributed by atoms with E-state index in [2.05, 4.69) is 10.3 Å². The van der Waals surface area contributed by atoms with Gasteiger partial charge >= 0.3 is 0 Å². The number of hydrogen-bond donors (Lipinski definition) is 1. The summed E-state index contributed by atoms with van der Waals surface area (Å²) in [5.74, 6) is -0.117. The van der Waals surface area contributed by atoms with E-state index in [9.17, 15) is 4.79 Å². The number of carbonyl (C=O) groups excluding carboxylic acids is 1. The van der Waals surface area contributed by atoms with E-state index >= 15 is 0 Å². The van der Waals surface area contributed by atoms with Crippen molar-refractivity contribution in [3.63, 3.8) is 0 Å². The van der Waals surface area contributed by atoms with Crippen molar-refractivity contribution in [3.8, 4) is 0 Å². The Morgan fingerprint density at radius 3 is 2.83 bits per heavy atom. The van der Waals surface area contributed by atoms with Gasteiger partial charge in [-0.25, -0.2) is 4.98 Å². The number of anilines is 1. The second-order valence-electron chi connectivity index (χ2n) is 3.95. The molecule has 5 heteroatoms. The van der Waals surface area contributed by atoms with E-state index in [1.807, 2.05) is 48.0 Å². The largest absolute Gasteiger partial charge is 0.324 e. The molecule has 0 aliphatic rings. The summed E-state index contributed by atoms with van der Waals surface area (Å²) < 4.78 is 2.83. The molecule has 3 rings (SSSR count). The van der Waals surface area contributed by atoms with Crippen LogP contribution in [0.3, 0.4) is 0 Å². The van der Waals surface area contributed by atoms with Crippen LogP contribution in [0, 0.1) is 0 Å². The zero-order chi connectivity index (χ0) is 12.5. The predicted octanol–water partition coefficient (Wildman–Crippen LogP) is 2.89. The summed E-state index contributed by atoms with van der Waals surface area (Å²) >= 11 is 1.53. The number of aromatic nitrogens is 2. The van der Waals surface area contributed by atoms with Crippen LogP contribution in [-0.2, 0) is 7.05 Å². The summed E-state index contributed by atoms with van der Waals surface area (Å²) in [5.41, 5.74) is 4.04. The highest BCUT2D eigenvalue weighted by Gasteiger charge is 2.14. The summed E-state index contributed by atoms with van der Waals surface area (Å²) in [7, 11) is 1.85. The average Bonchev–Trinajstić information content (AvgIpc) is 2.94. The SMILES string of the molecule is Cn1c(C(=O)Nc2ccccc2)cc2scnc21. The average molecular weight is 257 g/mol. The molecule has 3 aromatic rings. The number of nitrogens with one attached hydrogen (secondary N) is 1. The molecule has 18 heavy (non-hydrogen) atoms. The van der Waals surface area contributed by atoms with Crippen LogP contribution >= 0.6 is 11.3 Å². The fraction of sp³-hybridized carbons (Fsp3) is 0.0769.